The number of fused-ring (bicyclic) bond motifs is 1. The molecule has 0 N–H and O–H groups in total. The fourth-order valence-electron chi connectivity index (χ4n) is 7.24. The van der Waals surface area contributed by atoms with E-state index in [2.05, 4.69) is 6.92 Å². The van der Waals surface area contributed by atoms with Crippen molar-refractivity contribution in [1.82, 2.24) is 0 Å². The molecule has 0 aliphatic heterocycles. The molecule has 0 heterocycles. The van der Waals surface area contributed by atoms with E-state index >= 15 is 0 Å². The molecule has 1 aromatic carbocycles. The lowest BCUT2D eigenvalue weighted by Crippen LogP contribution is -2.35. The first-order chi connectivity index (χ1) is 16.2. The number of hydrogen-bond acceptors (Lipinski definition) is 3. The first kappa shape index (κ1) is 24.6. The van der Waals surface area contributed by atoms with Gasteiger partial charge in [0.2, 0.25) is 0 Å². The van der Waals surface area contributed by atoms with Gasteiger partial charge in [-0.2, -0.15) is 0 Å². The van der Waals surface area contributed by atoms with Gasteiger partial charge in [-0.15, -0.1) is 0 Å². The smallest absolute Gasteiger partial charge is 0.314 e. The summed E-state index contributed by atoms with van der Waals surface area (Å²) in [6.07, 6.45) is 20.5. The fraction of sp³-hybridized carbons (Fsp3) is 0.767. The molecule has 3 saturated carbocycles. The Kier molecular flexibility index (Phi) is 9.15. The van der Waals surface area contributed by atoms with Crippen molar-refractivity contribution < 1.29 is 14.3 Å². The van der Waals surface area contributed by atoms with E-state index in [0.29, 0.717) is 5.75 Å². The number of unbranched alkanes of at least 4 members (excludes halogenated alkanes) is 3. The van der Waals surface area contributed by atoms with E-state index in [9.17, 15) is 4.79 Å². The van der Waals surface area contributed by atoms with Gasteiger partial charge in [0.15, 0.2) is 0 Å². The molecule has 3 aliphatic carbocycles. The average molecular weight is 455 g/mol. The van der Waals surface area contributed by atoms with Crippen LogP contribution in [0.25, 0.3) is 0 Å². The van der Waals surface area contributed by atoms with Gasteiger partial charge in [-0.25, -0.2) is 0 Å². The predicted octanol–water partition coefficient (Wildman–Crippen LogP) is 8.21. The third-order valence-corrected chi connectivity index (χ3v) is 9.28. The summed E-state index contributed by atoms with van der Waals surface area (Å²) in [6, 6.07) is 7.33. The molecule has 3 nitrogen and oxygen atoms in total. The van der Waals surface area contributed by atoms with Crippen LogP contribution in [0.1, 0.15) is 103 Å². The minimum Gasteiger partial charge on any atom is -0.497 e. The van der Waals surface area contributed by atoms with Crippen molar-refractivity contribution in [1.29, 1.82) is 0 Å². The lowest BCUT2D eigenvalue weighted by molar-refractivity contribution is -0.140. The Morgan fingerprint density at radius 2 is 1.36 bits per heavy atom. The zero-order valence-corrected chi connectivity index (χ0v) is 21.1. The lowest BCUT2D eigenvalue weighted by Gasteiger charge is -2.45. The van der Waals surface area contributed by atoms with Crippen molar-refractivity contribution in [3.63, 3.8) is 0 Å². The van der Waals surface area contributed by atoms with Gasteiger partial charge in [0.1, 0.15) is 11.5 Å². The highest BCUT2D eigenvalue weighted by atomic mass is 16.5. The summed E-state index contributed by atoms with van der Waals surface area (Å²) in [5.41, 5.74) is 0. The topological polar surface area (TPSA) is 35.5 Å². The van der Waals surface area contributed by atoms with Crippen molar-refractivity contribution in [3.8, 4) is 11.5 Å². The Hall–Kier alpha value is -1.51. The molecule has 1 aromatic rings. The number of carbonyl (C=O) groups excluding carboxylic acids is 1. The molecule has 33 heavy (non-hydrogen) atoms. The maximum atomic E-state index is 12.7. The molecule has 3 heteroatoms. The van der Waals surface area contributed by atoms with Crippen molar-refractivity contribution in [2.75, 3.05) is 7.11 Å². The summed E-state index contributed by atoms with van der Waals surface area (Å²) in [6.45, 7) is 2.31. The van der Waals surface area contributed by atoms with Gasteiger partial charge in [0, 0.05) is 0 Å². The van der Waals surface area contributed by atoms with Crippen molar-refractivity contribution in [2.45, 2.75) is 103 Å². The van der Waals surface area contributed by atoms with Crippen molar-refractivity contribution in [2.24, 2.45) is 35.5 Å². The van der Waals surface area contributed by atoms with Gasteiger partial charge >= 0.3 is 5.97 Å². The van der Waals surface area contributed by atoms with E-state index in [1.807, 2.05) is 24.3 Å². The summed E-state index contributed by atoms with van der Waals surface area (Å²) in [5.74, 6) is 6.21. The highest BCUT2D eigenvalue weighted by Gasteiger charge is 2.39. The second-order valence-corrected chi connectivity index (χ2v) is 11.3. The number of rotatable bonds is 9. The van der Waals surface area contributed by atoms with Crippen LogP contribution in [0.4, 0.5) is 0 Å². The Morgan fingerprint density at radius 1 is 0.758 bits per heavy atom. The Balaban J connectivity index is 1.17. The van der Waals surface area contributed by atoms with Crippen LogP contribution in [-0.4, -0.2) is 13.1 Å². The molecular weight excluding hydrogens is 408 g/mol. The summed E-state index contributed by atoms with van der Waals surface area (Å²) < 4.78 is 10.8. The molecule has 0 bridgehead atoms. The van der Waals surface area contributed by atoms with Gasteiger partial charge in [-0.1, -0.05) is 45.4 Å². The third kappa shape index (κ3) is 6.76. The van der Waals surface area contributed by atoms with Gasteiger partial charge in [-0.3, -0.25) is 4.79 Å². The van der Waals surface area contributed by atoms with E-state index in [-0.39, 0.29) is 11.9 Å². The number of esters is 1. The largest absolute Gasteiger partial charge is 0.497 e. The Labute approximate surface area is 202 Å². The average Bonchev–Trinajstić information content (AvgIpc) is 2.87. The molecule has 0 amide bonds. The maximum Gasteiger partial charge on any atom is 0.314 e. The first-order valence-electron chi connectivity index (χ1n) is 14.0. The zero-order chi connectivity index (χ0) is 23.0. The molecule has 3 fully saturated rings. The van der Waals surface area contributed by atoms with Crippen LogP contribution in [0.5, 0.6) is 11.5 Å². The highest BCUT2D eigenvalue weighted by molar-refractivity contribution is 5.75. The third-order valence-electron chi connectivity index (χ3n) is 9.28. The van der Waals surface area contributed by atoms with E-state index < -0.39 is 0 Å². The molecule has 0 aromatic heterocycles. The van der Waals surface area contributed by atoms with Gasteiger partial charge < -0.3 is 9.47 Å². The fourth-order valence-corrected chi connectivity index (χ4v) is 7.24. The molecule has 0 saturated heterocycles. The van der Waals surface area contributed by atoms with E-state index in [1.165, 1.54) is 83.5 Å². The molecule has 4 rings (SSSR count). The minimum absolute atomic E-state index is 0.0421. The molecular formula is C30H46O3. The van der Waals surface area contributed by atoms with Crippen LogP contribution in [0, 0.1) is 35.5 Å². The number of ether oxygens (including phenoxy) is 2. The number of hydrogen-bond donors (Lipinski definition) is 0. The zero-order valence-electron chi connectivity index (χ0n) is 21.1. The monoisotopic (exact) mass is 454 g/mol. The number of benzene rings is 1. The van der Waals surface area contributed by atoms with Gasteiger partial charge in [0.25, 0.3) is 0 Å². The summed E-state index contributed by atoms with van der Waals surface area (Å²) in [4.78, 5) is 12.7. The van der Waals surface area contributed by atoms with E-state index in [0.717, 1.165) is 48.2 Å². The maximum absolute atomic E-state index is 12.7. The minimum atomic E-state index is -0.0421. The second-order valence-electron chi connectivity index (χ2n) is 11.3. The Morgan fingerprint density at radius 3 is 2.06 bits per heavy atom. The molecule has 0 spiro atoms. The quantitative estimate of drug-likeness (QED) is 0.214. The molecule has 4 unspecified atom stereocenters. The van der Waals surface area contributed by atoms with Gasteiger partial charge in [0.05, 0.1) is 13.0 Å². The normalized spacial score (nSPS) is 32.1. The number of carbonyl (C=O) groups is 1. The summed E-state index contributed by atoms with van der Waals surface area (Å²) in [5, 5.41) is 0. The Bertz CT molecular complexity index is 719. The summed E-state index contributed by atoms with van der Waals surface area (Å²) >= 11 is 0. The van der Waals surface area contributed by atoms with Gasteiger partial charge in [-0.05, 0) is 112 Å². The SMILES string of the molecule is CCCCCCC1CCC2CC(C3CCC(C(=O)Oc4ccc(OC)cc4)CC3)CCC2C1. The van der Waals surface area contributed by atoms with Crippen LogP contribution in [0.2, 0.25) is 0 Å². The highest BCUT2D eigenvalue weighted by Crippen LogP contribution is 2.49. The van der Waals surface area contributed by atoms with Crippen LogP contribution < -0.4 is 9.47 Å². The van der Waals surface area contributed by atoms with Crippen LogP contribution >= 0.6 is 0 Å². The van der Waals surface area contributed by atoms with Crippen LogP contribution in [-0.2, 0) is 4.79 Å². The second kappa shape index (κ2) is 12.3. The standard InChI is InChI=1S/C30H46O3/c1-3-4-5-6-7-22-8-9-27-21-26(15-14-25(27)20-22)23-10-12-24(13-11-23)30(31)33-29-18-16-28(32-2)17-19-29/h16-19,22-27H,3-15,20-21H2,1-2H3. The molecule has 0 radical (unpaired) electrons. The van der Waals surface area contributed by atoms with E-state index in [4.69, 9.17) is 9.47 Å². The summed E-state index contributed by atoms with van der Waals surface area (Å²) in [7, 11) is 1.65. The van der Waals surface area contributed by atoms with E-state index in [1.54, 1.807) is 7.11 Å². The predicted molar refractivity (Wildman–Crippen MR) is 134 cm³/mol. The lowest BCUT2D eigenvalue weighted by atomic mass is 9.60. The molecule has 3 aliphatic rings. The van der Waals surface area contributed by atoms with Crippen molar-refractivity contribution in [3.05, 3.63) is 24.3 Å². The molecule has 184 valence electrons. The van der Waals surface area contributed by atoms with Crippen molar-refractivity contribution >= 4 is 5.97 Å². The first-order valence-corrected chi connectivity index (χ1v) is 14.0. The number of methoxy groups -OCH3 is 1. The van der Waals surface area contributed by atoms with Crippen LogP contribution in [0.3, 0.4) is 0 Å². The van der Waals surface area contributed by atoms with Crippen LogP contribution in [0.15, 0.2) is 24.3 Å². The molecule has 4 atom stereocenters.